The van der Waals surface area contributed by atoms with Crippen molar-refractivity contribution in [2.75, 3.05) is 13.2 Å². The number of aliphatic hydroxyl groups excluding tert-OH is 1. The molecular weight excluding hydrogens is 212 g/mol. The molecule has 0 aromatic heterocycles. The summed E-state index contributed by atoms with van der Waals surface area (Å²) in [4.78, 5) is 22.3. The Hall–Kier alpha value is -1.10. The van der Waals surface area contributed by atoms with Gasteiger partial charge >= 0.3 is 11.9 Å². The molecule has 16 heavy (non-hydrogen) atoms. The van der Waals surface area contributed by atoms with Crippen LogP contribution in [-0.2, 0) is 19.1 Å². The second-order valence-corrected chi connectivity index (χ2v) is 3.55. The molecule has 2 unspecified atom stereocenters. The molecule has 94 valence electrons. The Morgan fingerprint density at radius 1 is 1.31 bits per heavy atom. The monoisotopic (exact) mass is 232 g/mol. The third-order valence-corrected chi connectivity index (χ3v) is 2.19. The second-order valence-electron chi connectivity index (χ2n) is 3.55. The van der Waals surface area contributed by atoms with Gasteiger partial charge in [-0.1, -0.05) is 6.92 Å². The summed E-state index contributed by atoms with van der Waals surface area (Å²) in [6.07, 6.45) is 0.662. The van der Waals surface area contributed by atoms with Gasteiger partial charge in [0, 0.05) is 0 Å². The lowest BCUT2D eigenvalue weighted by Gasteiger charge is -2.18. The molecule has 5 heteroatoms. The van der Waals surface area contributed by atoms with Crippen LogP contribution < -0.4 is 0 Å². The van der Waals surface area contributed by atoms with Gasteiger partial charge in [0.2, 0.25) is 0 Å². The van der Waals surface area contributed by atoms with E-state index in [1.165, 1.54) is 0 Å². The smallest absolute Gasteiger partial charge is 0.332 e. The quantitative estimate of drug-likeness (QED) is 0.660. The first-order chi connectivity index (χ1) is 7.54. The minimum Gasteiger partial charge on any atom is -0.466 e. The van der Waals surface area contributed by atoms with Crippen molar-refractivity contribution >= 4 is 11.9 Å². The molecule has 0 aliphatic carbocycles. The van der Waals surface area contributed by atoms with E-state index >= 15 is 0 Å². The molecule has 0 amide bonds. The summed E-state index contributed by atoms with van der Waals surface area (Å²) < 4.78 is 9.76. The highest BCUT2D eigenvalue weighted by Gasteiger charge is 2.22. The fourth-order valence-electron chi connectivity index (χ4n) is 1.40. The predicted octanol–water partition coefficient (Wildman–Crippen LogP) is 0.890. The molecule has 2 atom stereocenters. The molecule has 0 saturated heterocycles. The van der Waals surface area contributed by atoms with Crippen molar-refractivity contribution in [3.8, 4) is 0 Å². The number of carbonyl (C=O) groups is 2. The first kappa shape index (κ1) is 14.9. The second kappa shape index (κ2) is 8.10. The molecule has 0 bridgehead atoms. The summed E-state index contributed by atoms with van der Waals surface area (Å²) in [7, 11) is 0. The molecule has 1 N–H and O–H groups in total. The molecular formula is C11H20O5. The van der Waals surface area contributed by atoms with E-state index in [2.05, 4.69) is 0 Å². The standard InChI is InChI=1S/C11H20O5/c1-4-9(11(14)15-5-2)6-8(3)16-10(13)7-12/h8-9,12H,4-7H2,1-3H3. The Morgan fingerprint density at radius 3 is 2.38 bits per heavy atom. The average molecular weight is 232 g/mol. The number of hydrogen-bond donors (Lipinski definition) is 1. The highest BCUT2D eigenvalue weighted by molar-refractivity contribution is 5.73. The van der Waals surface area contributed by atoms with Crippen molar-refractivity contribution in [2.24, 2.45) is 5.92 Å². The largest absolute Gasteiger partial charge is 0.466 e. The Bertz CT molecular complexity index is 226. The normalized spacial score (nSPS) is 14.0. The highest BCUT2D eigenvalue weighted by atomic mass is 16.6. The predicted molar refractivity (Wildman–Crippen MR) is 57.7 cm³/mol. The van der Waals surface area contributed by atoms with Crippen LogP contribution in [0.2, 0.25) is 0 Å². The fraction of sp³-hybridized carbons (Fsp3) is 0.818. The molecule has 0 heterocycles. The number of esters is 2. The molecule has 0 radical (unpaired) electrons. The first-order valence-corrected chi connectivity index (χ1v) is 5.52. The Morgan fingerprint density at radius 2 is 1.94 bits per heavy atom. The van der Waals surface area contributed by atoms with Gasteiger partial charge in [0.25, 0.3) is 0 Å². The van der Waals surface area contributed by atoms with E-state index in [0.717, 1.165) is 0 Å². The van der Waals surface area contributed by atoms with Crippen LogP contribution in [0.15, 0.2) is 0 Å². The van der Waals surface area contributed by atoms with E-state index in [1.54, 1.807) is 13.8 Å². The molecule has 0 saturated carbocycles. The van der Waals surface area contributed by atoms with Crippen molar-refractivity contribution in [3.05, 3.63) is 0 Å². The summed E-state index contributed by atoms with van der Waals surface area (Å²) in [5.41, 5.74) is 0. The van der Waals surface area contributed by atoms with Gasteiger partial charge in [-0.05, 0) is 26.7 Å². The van der Waals surface area contributed by atoms with Gasteiger partial charge in [0.15, 0.2) is 0 Å². The highest BCUT2D eigenvalue weighted by Crippen LogP contribution is 2.15. The van der Waals surface area contributed by atoms with Crippen LogP contribution >= 0.6 is 0 Å². The summed E-state index contributed by atoms with van der Waals surface area (Å²) in [5, 5.41) is 8.50. The number of hydrogen-bond acceptors (Lipinski definition) is 5. The van der Waals surface area contributed by atoms with E-state index in [1.807, 2.05) is 6.92 Å². The fourth-order valence-corrected chi connectivity index (χ4v) is 1.40. The van der Waals surface area contributed by atoms with Crippen LogP contribution in [0.3, 0.4) is 0 Å². The van der Waals surface area contributed by atoms with E-state index in [4.69, 9.17) is 14.6 Å². The Kier molecular flexibility index (Phi) is 7.54. The van der Waals surface area contributed by atoms with E-state index in [0.29, 0.717) is 19.4 Å². The van der Waals surface area contributed by atoms with Crippen LogP contribution in [0.5, 0.6) is 0 Å². The van der Waals surface area contributed by atoms with E-state index < -0.39 is 18.7 Å². The third kappa shape index (κ3) is 5.70. The van der Waals surface area contributed by atoms with Crippen molar-refractivity contribution in [1.29, 1.82) is 0 Å². The van der Waals surface area contributed by atoms with E-state index in [-0.39, 0.29) is 11.9 Å². The minimum atomic E-state index is -0.675. The maximum absolute atomic E-state index is 11.5. The third-order valence-electron chi connectivity index (χ3n) is 2.19. The topological polar surface area (TPSA) is 72.8 Å². The van der Waals surface area contributed by atoms with Gasteiger partial charge in [0.05, 0.1) is 18.6 Å². The average Bonchev–Trinajstić information content (AvgIpc) is 2.25. The first-order valence-electron chi connectivity index (χ1n) is 5.52. The van der Waals surface area contributed by atoms with Crippen LogP contribution in [0.1, 0.15) is 33.6 Å². The minimum absolute atomic E-state index is 0.263. The van der Waals surface area contributed by atoms with Crippen molar-refractivity contribution in [2.45, 2.75) is 39.7 Å². The van der Waals surface area contributed by atoms with E-state index in [9.17, 15) is 9.59 Å². The van der Waals surface area contributed by atoms with Gasteiger partial charge in [-0.3, -0.25) is 4.79 Å². The molecule has 5 nitrogen and oxygen atoms in total. The zero-order valence-electron chi connectivity index (χ0n) is 10.1. The Labute approximate surface area is 95.7 Å². The Balaban J connectivity index is 4.10. The number of ether oxygens (including phenoxy) is 2. The van der Waals surface area contributed by atoms with Crippen LogP contribution in [-0.4, -0.2) is 36.4 Å². The summed E-state index contributed by atoms with van der Waals surface area (Å²) >= 11 is 0. The summed E-state index contributed by atoms with van der Waals surface area (Å²) in [6.45, 7) is 5.03. The van der Waals surface area contributed by atoms with Gasteiger partial charge in [-0.15, -0.1) is 0 Å². The maximum Gasteiger partial charge on any atom is 0.332 e. The van der Waals surface area contributed by atoms with Crippen LogP contribution in [0.25, 0.3) is 0 Å². The number of rotatable bonds is 7. The molecule has 0 rings (SSSR count). The molecule has 0 spiro atoms. The number of carbonyl (C=O) groups excluding carboxylic acids is 2. The van der Waals surface area contributed by atoms with Gasteiger partial charge in [-0.2, -0.15) is 0 Å². The molecule has 0 aliphatic rings. The summed E-state index contributed by atoms with van der Waals surface area (Å²) in [5.74, 6) is -1.20. The van der Waals surface area contributed by atoms with Crippen LogP contribution in [0.4, 0.5) is 0 Å². The van der Waals surface area contributed by atoms with Gasteiger partial charge < -0.3 is 14.6 Å². The van der Waals surface area contributed by atoms with Gasteiger partial charge in [0.1, 0.15) is 6.61 Å². The lowest BCUT2D eigenvalue weighted by atomic mass is 9.99. The number of aliphatic hydroxyl groups is 1. The van der Waals surface area contributed by atoms with Crippen molar-refractivity contribution in [1.82, 2.24) is 0 Å². The van der Waals surface area contributed by atoms with Crippen LogP contribution in [0, 0.1) is 5.92 Å². The molecule has 0 aliphatic heterocycles. The molecule has 0 aromatic carbocycles. The molecule has 0 fully saturated rings. The lowest BCUT2D eigenvalue weighted by molar-refractivity contribution is -0.156. The lowest BCUT2D eigenvalue weighted by Crippen LogP contribution is -2.25. The zero-order valence-corrected chi connectivity index (χ0v) is 10.1. The van der Waals surface area contributed by atoms with Crippen molar-refractivity contribution in [3.63, 3.8) is 0 Å². The molecule has 0 aromatic rings. The van der Waals surface area contributed by atoms with Gasteiger partial charge in [-0.25, -0.2) is 4.79 Å². The van der Waals surface area contributed by atoms with Crippen molar-refractivity contribution < 1.29 is 24.2 Å². The summed E-state index contributed by atoms with van der Waals surface area (Å²) in [6, 6.07) is 0. The maximum atomic E-state index is 11.5. The SMILES string of the molecule is CCOC(=O)C(CC)CC(C)OC(=O)CO. The zero-order chi connectivity index (χ0) is 12.6.